The van der Waals surface area contributed by atoms with Crippen LogP contribution in [0.4, 0.5) is 23.7 Å². The fraction of sp³-hybridized carbons (Fsp3) is 0.590. The second-order valence-electron chi connectivity index (χ2n) is 37.2. The number of methoxy groups -OCH3 is 3. The van der Waals surface area contributed by atoms with Crippen LogP contribution in [0.3, 0.4) is 0 Å². The summed E-state index contributed by atoms with van der Waals surface area (Å²) in [5.74, 6) is -7.32. The van der Waals surface area contributed by atoms with Crippen LogP contribution in [-0.2, 0) is 102 Å². The lowest BCUT2D eigenvalue weighted by Gasteiger charge is -2.43. The molecule has 10 heterocycles. The Morgan fingerprint density at radius 2 is 1.40 bits per heavy atom. The van der Waals surface area contributed by atoms with Gasteiger partial charge in [0.15, 0.2) is 17.0 Å². The zero-order valence-electron chi connectivity index (χ0n) is 80.5. The molecule has 2 aromatic carbocycles. The molecule has 5 aliphatic heterocycles. The van der Waals surface area contributed by atoms with Crippen LogP contribution >= 0.6 is 0 Å². The number of Topliss-reactive ketones (excluding diaryl/α,β-unsaturated/α-hetero) is 2. The third-order valence-corrected chi connectivity index (χ3v) is 27.3. The number of esters is 2. The van der Waals surface area contributed by atoms with Crippen molar-refractivity contribution in [2.75, 3.05) is 141 Å². The van der Waals surface area contributed by atoms with Crippen molar-refractivity contribution in [3.63, 3.8) is 0 Å². The summed E-state index contributed by atoms with van der Waals surface area (Å²) < 4.78 is 66.4. The topological polar surface area (TPSA) is 471 Å². The minimum absolute atomic E-state index is 0.00110. The number of piperazine rings is 1. The lowest BCUT2D eigenvalue weighted by molar-refractivity contribution is -0.265. The summed E-state index contributed by atoms with van der Waals surface area (Å²) in [5.41, 5.74) is 21.0. The van der Waals surface area contributed by atoms with Crippen molar-refractivity contribution in [3.8, 4) is 11.3 Å². The van der Waals surface area contributed by atoms with Crippen LogP contribution in [-0.4, -0.2) is 292 Å². The lowest BCUT2D eigenvalue weighted by atomic mass is 9.78. The van der Waals surface area contributed by atoms with Gasteiger partial charge < -0.3 is 103 Å². The molecular weight excluding hydrogens is 1760 g/mol. The van der Waals surface area contributed by atoms with Crippen molar-refractivity contribution in [1.82, 2.24) is 59.8 Å². The molecule has 137 heavy (non-hydrogen) atoms. The predicted molar refractivity (Wildman–Crippen MR) is 509 cm³/mol. The van der Waals surface area contributed by atoms with E-state index < -0.39 is 108 Å². The van der Waals surface area contributed by atoms with Crippen molar-refractivity contribution in [3.05, 3.63) is 143 Å². The summed E-state index contributed by atoms with van der Waals surface area (Å²) in [7, 11) is 4.54. The number of allylic oxidation sites excluding steroid dienone is 5. The predicted octanol–water partition coefficient (Wildman–Crippen LogP) is 8.99. The van der Waals surface area contributed by atoms with E-state index in [-0.39, 0.29) is 93.9 Å². The van der Waals surface area contributed by atoms with Gasteiger partial charge in [0.05, 0.1) is 101 Å². The summed E-state index contributed by atoms with van der Waals surface area (Å²) in [6.07, 6.45) is 18.8. The number of hydrogen-bond donors (Lipinski definition) is 6. The molecule has 1 aliphatic carbocycles. The van der Waals surface area contributed by atoms with Crippen LogP contribution in [0.5, 0.6) is 0 Å². The second-order valence-corrected chi connectivity index (χ2v) is 37.2. The zero-order chi connectivity index (χ0) is 97.4. The molecule has 3 saturated heterocycles. The number of nitrogens with one attached hydrogen (secondary N) is 1. The number of fused-ring (bicyclic) bond motifs is 6. The van der Waals surface area contributed by atoms with Crippen molar-refractivity contribution in [2.24, 2.45) is 35.5 Å². The first-order valence-electron chi connectivity index (χ1n) is 48.1. The number of anilines is 4. The van der Waals surface area contributed by atoms with Crippen LogP contribution in [0.2, 0.25) is 0 Å². The number of aromatic nitrogens is 9. The molecule has 7 aromatic rings. The van der Waals surface area contributed by atoms with Gasteiger partial charge in [-0.15, -0.1) is 0 Å². The number of nitrogens with zero attached hydrogens (tertiary/aromatic N) is 13. The molecule has 5 aromatic heterocycles. The first-order valence-corrected chi connectivity index (χ1v) is 48.1. The minimum Gasteiger partial charge on any atom is -0.460 e. The average molecular weight is 1900 g/mol. The highest BCUT2D eigenvalue weighted by atomic mass is 16.6. The Bertz CT molecular complexity index is 5350. The number of benzene rings is 2. The van der Waals surface area contributed by atoms with E-state index in [2.05, 4.69) is 63.3 Å². The van der Waals surface area contributed by atoms with E-state index in [1.54, 1.807) is 59.5 Å². The van der Waals surface area contributed by atoms with E-state index in [9.17, 15) is 48.9 Å². The van der Waals surface area contributed by atoms with Gasteiger partial charge in [-0.1, -0.05) is 89.3 Å². The molecule has 2 bridgehead atoms. The van der Waals surface area contributed by atoms with Crippen molar-refractivity contribution >= 4 is 87.1 Å². The SMILES string of the molecule is CO[C@H]1C[C@@H]2CC[C@@H](C)[C@@](O)(O2)C(=O)C(=O)N2CCCC[C@H]2C(=O)O[C@H]([C@H](C)C[C@@H]2CC[C@@H](OC(=O)CCc3cnc(N4CCN(c5ncc(C(=O)NCCOCCOCCOCCOCCC(=O)N6CCc7cc(Cn8nc(-c9ccc%10oc(N)nc%10c9)c9c(N)ncnc98)ccc7C6)cn5)CC4)nc3)[C@H](OC)C2)C[C@@H](O)[C@H](C)/C=C(\C)[C@@H](O)[C@@H](OC)C(=O)[C@H](C)C[C@H](C)/C=C/C=C/C=C/1C. The van der Waals surface area contributed by atoms with E-state index in [0.717, 1.165) is 34.2 Å². The number of ketones is 2. The average Bonchev–Trinajstić information content (AvgIpc) is 1.64. The standard InChI is InChI=1S/C100H136N16O21/c1-61-16-12-11-13-17-62(2)81(127-8)52-75-25-19-67(7)100(126,137-75)91(122)95(124)115-32-15-14-18-77(115)96(125)135-82(53-78(117)63(3)47-66(6)89(121)90(129-10)88(120)65(5)46-61)64(4)48-68-21-26-80(83(50-68)128-9)134-85(119)28-22-70-54-104-98(105-55-70)112-34-36-113(37-35-112)99-106-56-74(57-107-99)94(123)103-31-39-131-41-43-133-45-44-132-42-40-130-38-30-84(118)114-33-29-71-49-69(20-23-73(71)59-114)58-116-93-86(92(101)108-60-109-93)87(111-116)72-24-27-79-76(51-72)110-97(102)136-79/h11-13,16-17,20,23-24,27,47,49,51,54-57,60-61,63-65,67-68,75,77-78,80-83,89-90,117,121,126H,14-15,18-19,21-22,25-26,28-46,48,50,52-53,58-59H2,1-10H3,(H2,102,110)(H,103,123)(H2,101,108,109)/b13-11+,16-12+,62-17+,66-47+/t61-,63-,64-,65-,67-,68+,75+,77+,78-,80-,81+,82+,83-,89-,90+,100-/m1/s1. The normalized spacial score (nSPS) is 27.0. The molecule has 4 fully saturated rings. The number of carbonyl (C=O) groups is 7. The Kier molecular flexibility index (Phi) is 37.4. The van der Waals surface area contributed by atoms with Gasteiger partial charge in [-0.25, -0.2) is 39.4 Å². The molecule has 37 heteroatoms. The number of nitrogen functional groups attached to an aromatic ring is 2. The number of carbonyl (C=O) groups excluding carboxylic acids is 7. The van der Waals surface area contributed by atoms with Crippen molar-refractivity contribution < 1.29 is 101 Å². The highest BCUT2D eigenvalue weighted by molar-refractivity contribution is 6.39. The number of cyclic esters (lactones) is 1. The fourth-order valence-corrected chi connectivity index (χ4v) is 19.1. The number of hydrogen-bond acceptors (Lipinski definition) is 33. The Hall–Kier alpha value is -11.0. The maximum Gasteiger partial charge on any atom is 0.329 e. The smallest absolute Gasteiger partial charge is 0.329 e. The number of rotatable bonds is 31. The van der Waals surface area contributed by atoms with Crippen LogP contribution < -0.4 is 26.6 Å². The first kappa shape index (κ1) is 103. The summed E-state index contributed by atoms with van der Waals surface area (Å²) in [6.45, 7) is 19.7. The number of oxazole rings is 1. The third kappa shape index (κ3) is 27.4. The Labute approximate surface area is 799 Å². The molecule has 16 atom stereocenters. The van der Waals surface area contributed by atoms with Crippen LogP contribution in [0.25, 0.3) is 33.4 Å². The summed E-state index contributed by atoms with van der Waals surface area (Å²) >= 11 is 0. The summed E-state index contributed by atoms with van der Waals surface area (Å²) in [4.78, 5) is 136. The number of aliphatic hydroxyl groups excluding tert-OH is 2. The molecule has 1 saturated carbocycles. The minimum atomic E-state index is -2.48. The molecule has 3 amide bonds. The monoisotopic (exact) mass is 1900 g/mol. The van der Waals surface area contributed by atoms with Crippen LogP contribution in [0.1, 0.15) is 171 Å². The molecule has 0 unspecified atom stereocenters. The maximum atomic E-state index is 14.9. The number of ether oxygens (including phenoxy) is 10. The second kappa shape index (κ2) is 49.5. The van der Waals surface area contributed by atoms with Gasteiger partial charge >= 0.3 is 11.9 Å². The van der Waals surface area contributed by atoms with Crippen molar-refractivity contribution in [2.45, 2.75) is 225 Å². The number of piperidine rings is 1. The molecule has 742 valence electrons. The van der Waals surface area contributed by atoms with E-state index in [1.807, 2.05) is 84.7 Å². The number of aryl methyl sites for hydroxylation is 1. The Morgan fingerprint density at radius 3 is 2.11 bits per heavy atom. The highest BCUT2D eigenvalue weighted by Gasteiger charge is 2.53. The van der Waals surface area contributed by atoms with Gasteiger partial charge in [0.1, 0.15) is 53.8 Å². The molecule has 0 radical (unpaired) electrons. The van der Waals surface area contributed by atoms with E-state index in [1.165, 1.54) is 36.3 Å². The Morgan fingerprint density at radius 1 is 0.693 bits per heavy atom. The number of nitrogens with two attached hydrogens (primary N) is 2. The number of aliphatic hydroxyl groups is 3. The molecule has 0 spiro atoms. The lowest BCUT2D eigenvalue weighted by Crippen LogP contribution is -2.61. The van der Waals surface area contributed by atoms with Crippen LogP contribution in [0.15, 0.2) is 120 Å². The largest absolute Gasteiger partial charge is 0.460 e. The Balaban J connectivity index is 0.493. The molecular formula is C100H136N16O21. The molecule has 8 N–H and O–H groups in total. The van der Waals surface area contributed by atoms with E-state index >= 15 is 0 Å². The first-order chi connectivity index (χ1) is 66.1. The summed E-state index contributed by atoms with van der Waals surface area (Å²) in [5, 5.41) is 44.5. The third-order valence-electron chi connectivity index (χ3n) is 27.3. The molecule has 37 nitrogen and oxygen atoms in total. The fourth-order valence-electron chi connectivity index (χ4n) is 19.1. The molecule has 13 rings (SSSR count). The van der Waals surface area contributed by atoms with Gasteiger partial charge in [-0.2, -0.15) is 10.1 Å². The van der Waals surface area contributed by atoms with Gasteiger partial charge in [0.25, 0.3) is 23.6 Å². The highest BCUT2D eigenvalue weighted by Crippen LogP contribution is 2.41. The summed E-state index contributed by atoms with van der Waals surface area (Å²) in [6, 6.07) is 10.7. The van der Waals surface area contributed by atoms with Gasteiger partial charge in [0, 0.05) is 141 Å². The van der Waals surface area contributed by atoms with E-state index in [0.29, 0.717) is 206 Å². The maximum absolute atomic E-state index is 14.9. The van der Waals surface area contributed by atoms with E-state index in [4.69, 9.17) is 68.4 Å². The quantitative estimate of drug-likeness (QED) is 0.0102. The number of amides is 3. The van der Waals surface area contributed by atoms with Gasteiger partial charge in [-0.3, -0.25) is 28.8 Å². The zero-order valence-corrected chi connectivity index (χ0v) is 80.5. The van der Waals surface area contributed by atoms with Crippen molar-refractivity contribution in [1.29, 1.82) is 0 Å². The van der Waals surface area contributed by atoms with Gasteiger partial charge in [-0.05, 0) is 160 Å². The van der Waals surface area contributed by atoms with Crippen LogP contribution in [0, 0.1) is 35.5 Å². The van der Waals surface area contributed by atoms with Gasteiger partial charge in [0.2, 0.25) is 23.6 Å². The molecule has 6 aliphatic rings.